The number of guanidine groups is 1. The standard InChI is InChI=1S/C18H31N7/c1-5-19-18(20-9-6-8-17-13-22-23-16(17)4)21-10-7-11-25-15(3)12-14(2)24-25/h12-13H,5-11H2,1-4H3,(H,22,23)(H2,19,20,21). The number of aromatic nitrogens is 4. The van der Waals surface area contributed by atoms with E-state index in [-0.39, 0.29) is 0 Å². The Morgan fingerprint density at radius 2 is 2.08 bits per heavy atom. The number of rotatable bonds is 9. The van der Waals surface area contributed by atoms with Gasteiger partial charge in [0.05, 0.1) is 11.9 Å². The monoisotopic (exact) mass is 345 g/mol. The Labute approximate surface area is 150 Å². The van der Waals surface area contributed by atoms with E-state index in [0.29, 0.717) is 0 Å². The van der Waals surface area contributed by atoms with Crippen molar-refractivity contribution in [1.29, 1.82) is 0 Å². The summed E-state index contributed by atoms with van der Waals surface area (Å²) in [6, 6.07) is 2.11. The third-order valence-corrected chi connectivity index (χ3v) is 4.10. The zero-order chi connectivity index (χ0) is 18.1. The first-order valence-corrected chi connectivity index (χ1v) is 9.12. The minimum Gasteiger partial charge on any atom is -0.357 e. The number of aryl methyl sites for hydroxylation is 5. The average Bonchev–Trinajstić information content (AvgIpc) is 3.12. The molecule has 0 fully saturated rings. The molecule has 7 nitrogen and oxygen atoms in total. The number of aromatic amines is 1. The topological polar surface area (TPSA) is 82.9 Å². The molecule has 0 aliphatic rings. The van der Waals surface area contributed by atoms with Gasteiger partial charge in [0.25, 0.3) is 0 Å². The smallest absolute Gasteiger partial charge is 0.191 e. The predicted molar refractivity (Wildman–Crippen MR) is 102 cm³/mol. The highest BCUT2D eigenvalue weighted by atomic mass is 15.3. The van der Waals surface area contributed by atoms with E-state index < -0.39 is 0 Å². The summed E-state index contributed by atoms with van der Waals surface area (Å²) < 4.78 is 2.05. The maximum atomic E-state index is 4.65. The largest absolute Gasteiger partial charge is 0.357 e. The van der Waals surface area contributed by atoms with E-state index >= 15 is 0 Å². The normalized spacial score (nSPS) is 11.8. The molecule has 0 saturated carbocycles. The maximum Gasteiger partial charge on any atom is 0.191 e. The van der Waals surface area contributed by atoms with Gasteiger partial charge in [0, 0.05) is 37.6 Å². The first-order valence-electron chi connectivity index (χ1n) is 9.12. The molecule has 0 aromatic carbocycles. The molecule has 0 amide bonds. The van der Waals surface area contributed by atoms with Crippen LogP contribution in [0.5, 0.6) is 0 Å². The van der Waals surface area contributed by atoms with Crippen molar-refractivity contribution in [3.8, 4) is 0 Å². The number of aliphatic imine (C=N–C) groups is 1. The van der Waals surface area contributed by atoms with E-state index in [9.17, 15) is 0 Å². The first kappa shape index (κ1) is 19.0. The fourth-order valence-corrected chi connectivity index (χ4v) is 2.77. The number of nitrogens with one attached hydrogen (secondary N) is 3. The summed E-state index contributed by atoms with van der Waals surface area (Å²) in [7, 11) is 0. The zero-order valence-electron chi connectivity index (χ0n) is 15.9. The van der Waals surface area contributed by atoms with Crippen molar-refractivity contribution in [1.82, 2.24) is 30.6 Å². The Hall–Kier alpha value is -2.31. The van der Waals surface area contributed by atoms with Crippen molar-refractivity contribution in [2.24, 2.45) is 4.99 Å². The Morgan fingerprint density at radius 1 is 1.24 bits per heavy atom. The highest BCUT2D eigenvalue weighted by molar-refractivity contribution is 5.79. The molecule has 0 aliphatic heterocycles. The van der Waals surface area contributed by atoms with E-state index in [0.717, 1.165) is 62.8 Å². The molecule has 0 bridgehead atoms. The van der Waals surface area contributed by atoms with E-state index in [1.54, 1.807) is 0 Å². The van der Waals surface area contributed by atoms with Crippen molar-refractivity contribution in [3.63, 3.8) is 0 Å². The molecule has 2 rings (SSSR count). The predicted octanol–water partition coefficient (Wildman–Crippen LogP) is 2.11. The molecule has 25 heavy (non-hydrogen) atoms. The van der Waals surface area contributed by atoms with Crippen molar-refractivity contribution in [2.45, 2.75) is 53.5 Å². The lowest BCUT2D eigenvalue weighted by Gasteiger charge is -2.11. The fraction of sp³-hybridized carbons (Fsp3) is 0.611. The Bertz CT molecular complexity index is 669. The van der Waals surface area contributed by atoms with Crippen molar-refractivity contribution >= 4 is 5.96 Å². The summed E-state index contributed by atoms with van der Waals surface area (Å²) in [6.45, 7) is 11.7. The third kappa shape index (κ3) is 6.25. The van der Waals surface area contributed by atoms with E-state index in [1.807, 2.05) is 13.1 Å². The lowest BCUT2D eigenvalue weighted by Crippen LogP contribution is -2.38. The molecule has 2 aromatic heterocycles. The van der Waals surface area contributed by atoms with Crippen molar-refractivity contribution in [2.75, 3.05) is 19.6 Å². The van der Waals surface area contributed by atoms with Crippen LogP contribution in [0, 0.1) is 20.8 Å². The van der Waals surface area contributed by atoms with Gasteiger partial charge in [-0.25, -0.2) is 0 Å². The van der Waals surface area contributed by atoms with Gasteiger partial charge in [-0.1, -0.05) is 0 Å². The van der Waals surface area contributed by atoms with Crippen LogP contribution in [0.15, 0.2) is 17.3 Å². The highest BCUT2D eigenvalue weighted by Gasteiger charge is 2.02. The van der Waals surface area contributed by atoms with E-state index in [4.69, 9.17) is 0 Å². The molecule has 138 valence electrons. The van der Waals surface area contributed by atoms with Crippen molar-refractivity contribution < 1.29 is 0 Å². The molecule has 0 radical (unpaired) electrons. The van der Waals surface area contributed by atoms with Crippen LogP contribution in [-0.2, 0) is 13.0 Å². The van der Waals surface area contributed by atoms with Crippen LogP contribution in [0.1, 0.15) is 42.4 Å². The van der Waals surface area contributed by atoms with Crippen LogP contribution >= 0.6 is 0 Å². The minimum absolute atomic E-state index is 0.786. The summed E-state index contributed by atoms with van der Waals surface area (Å²) in [5.74, 6) is 0.889. The molecule has 0 saturated heterocycles. The van der Waals surface area contributed by atoms with Gasteiger partial charge in [0.1, 0.15) is 0 Å². The molecular weight excluding hydrogens is 314 g/mol. The van der Waals surface area contributed by atoms with Gasteiger partial charge in [0.15, 0.2) is 5.96 Å². The molecule has 0 atom stereocenters. The summed E-state index contributed by atoms with van der Waals surface area (Å²) in [4.78, 5) is 4.65. The van der Waals surface area contributed by atoms with Crippen molar-refractivity contribution in [3.05, 3.63) is 34.9 Å². The summed E-state index contributed by atoms with van der Waals surface area (Å²) in [5, 5.41) is 18.2. The van der Waals surface area contributed by atoms with Crippen LogP contribution in [0.3, 0.4) is 0 Å². The van der Waals surface area contributed by atoms with Crippen LogP contribution in [-0.4, -0.2) is 45.6 Å². The molecule has 2 heterocycles. The molecule has 7 heteroatoms. The lowest BCUT2D eigenvalue weighted by atomic mass is 10.1. The molecule has 2 aromatic rings. The third-order valence-electron chi connectivity index (χ3n) is 4.10. The van der Waals surface area contributed by atoms with Gasteiger partial charge in [-0.05, 0) is 58.6 Å². The molecule has 3 N–H and O–H groups in total. The van der Waals surface area contributed by atoms with Gasteiger partial charge in [0.2, 0.25) is 0 Å². The number of hydrogen-bond acceptors (Lipinski definition) is 3. The number of nitrogens with zero attached hydrogens (tertiary/aromatic N) is 4. The lowest BCUT2D eigenvalue weighted by molar-refractivity contribution is 0.567. The van der Waals surface area contributed by atoms with Gasteiger partial charge in [-0.2, -0.15) is 10.2 Å². The SMILES string of the molecule is CCNC(=NCCCn1nc(C)cc1C)NCCCc1cn[nH]c1C. The fourth-order valence-electron chi connectivity index (χ4n) is 2.77. The second-order valence-corrected chi connectivity index (χ2v) is 6.32. The quantitative estimate of drug-likeness (QED) is 0.369. The van der Waals surface area contributed by atoms with Gasteiger partial charge >= 0.3 is 0 Å². The van der Waals surface area contributed by atoms with E-state index in [2.05, 4.69) is 62.4 Å². The summed E-state index contributed by atoms with van der Waals surface area (Å²) in [5.41, 5.74) is 4.73. The summed E-state index contributed by atoms with van der Waals surface area (Å²) >= 11 is 0. The number of hydrogen-bond donors (Lipinski definition) is 3. The molecule has 0 unspecified atom stereocenters. The average molecular weight is 345 g/mol. The van der Waals surface area contributed by atoms with Crippen LogP contribution < -0.4 is 10.6 Å². The highest BCUT2D eigenvalue weighted by Crippen LogP contribution is 2.05. The summed E-state index contributed by atoms with van der Waals surface area (Å²) in [6.07, 6.45) is 4.96. The maximum absolute atomic E-state index is 4.65. The Kier molecular flexibility index (Phi) is 7.50. The van der Waals surface area contributed by atoms with Crippen LogP contribution in [0.2, 0.25) is 0 Å². The minimum atomic E-state index is 0.786. The molecule has 0 aliphatic carbocycles. The second kappa shape index (κ2) is 9.86. The second-order valence-electron chi connectivity index (χ2n) is 6.32. The van der Waals surface area contributed by atoms with Crippen LogP contribution in [0.4, 0.5) is 0 Å². The van der Waals surface area contributed by atoms with Gasteiger partial charge in [-0.15, -0.1) is 0 Å². The number of H-pyrrole nitrogens is 1. The van der Waals surface area contributed by atoms with Gasteiger partial charge in [-0.3, -0.25) is 14.8 Å². The van der Waals surface area contributed by atoms with Crippen LogP contribution in [0.25, 0.3) is 0 Å². The van der Waals surface area contributed by atoms with E-state index in [1.165, 1.54) is 11.3 Å². The van der Waals surface area contributed by atoms with Gasteiger partial charge < -0.3 is 10.6 Å². The zero-order valence-corrected chi connectivity index (χ0v) is 15.9. The molecule has 0 spiro atoms. The molecular formula is C18H31N7. The Morgan fingerprint density at radius 3 is 2.72 bits per heavy atom. The Balaban J connectivity index is 1.70. The first-order chi connectivity index (χ1) is 12.1.